The van der Waals surface area contributed by atoms with Crippen LogP contribution >= 0.6 is 57.1 Å². The smallest absolute Gasteiger partial charge is 0.280 e. The molecule has 1 aromatic heterocycles. The zero-order valence-electron chi connectivity index (χ0n) is 13.1. The molecule has 130 valence electrons. The summed E-state index contributed by atoms with van der Waals surface area (Å²) in [5.41, 5.74) is 1.38. The van der Waals surface area contributed by atoms with E-state index in [1.54, 1.807) is 19.2 Å². The molecule has 3 rings (SSSR count). The third kappa shape index (κ3) is 4.09. The molecule has 0 N–H and O–H groups in total. The second-order valence-electron chi connectivity index (χ2n) is 5.16. The quantitative estimate of drug-likeness (QED) is 0.467. The summed E-state index contributed by atoms with van der Waals surface area (Å²) in [5.74, 6) is -0.287. The Balaban J connectivity index is 2.19. The Labute approximate surface area is 172 Å². The van der Waals surface area contributed by atoms with Crippen molar-refractivity contribution in [3.63, 3.8) is 0 Å². The maximum atomic E-state index is 12.6. The van der Waals surface area contributed by atoms with Gasteiger partial charge in [-0.05, 0) is 46.9 Å². The van der Waals surface area contributed by atoms with Gasteiger partial charge in [0.05, 0.1) is 27.4 Å². The summed E-state index contributed by atoms with van der Waals surface area (Å²) in [6.45, 7) is 1.02. The summed E-state index contributed by atoms with van der Waals surface area (Å²) < 4.78 is 8.82. The van der Waals surface area contributed by atoms with E-state index >= 15 is 0 Å². The lowest BCUT2D eigenvalue weighted by Crippen LogP contribution is -2.19. The number of carbonyl (C=O) groups excluding carboxylic acids is 1. The van der Waals surface area contributed by atoms with Gasteiger partial charge in [0.15, 0.2) is 4.80 Å². The molecule has 0 fully saturated rings. The van der Waals surface area contributed by atoms with E-state index in [9.17, 15) is 4.79 Å². The molecule has 8 heteroatoms. The fourth-order valence-corrected chi connectivity index (χ4v) is 4.84. The molecule has 1 amide bonds. The number of hydrogen-bond acceptors (Lipinski definition) is 3. The van der Waals surface area contributed by atoms with E-state index in [1.807, 2.05) is 28.8 Å². The van der Waals surface area contributed by atoms with Crippen molar-refractivity contribution in [2.75, 3.05) is 13.7 Å². The van der Waals surface area contributed by atoms with Gasteiger partial charge in [0.25, 0.3) is 5.91 Å². The molecule has 2 aromatic carbocycles. The molecule has 0 saturated heterocycles. The van der Waals surface area contributed by atoms with Crippen molar-refractivity contribution >= 4 is 73.3 Å². The normalized spacial score (nSPS) is 12.1. The van der Waals surface area contributed by atoms with Gasteiger partial charge in [-0.15, -0.1) is 0 Å². The Morgan fingerprint density at radius 1 is 1.32 bits per heavy atom. The first-order chi connectivity index (χ1) is 12.0. The number of ether oxygens (including phenoxy) is 1. The summed E-state index contributed by atoms with van der Waals surface area (Å²) in [5, 5.41) is 1.08. The summed E-state index contributed by atoms with van der Waals surface area (Å²) >= 11 is 16.0. The van der Waals surface area contributed by atoms with Crippen LogP contribution in [0.3, 0.4) is 0 Å². The van der Waals surface area contributed by atoms with Gasteiger partial charge >= 0.3 is 0 Å². The first-order valence-corrected chi connectivity index (χ1v) is 9.97. The van der Waals surface area contributed by atoms with Gasteiger partial charge in [0.1, 0.15) is 0 Å². The van der Waals surface area contributed by atoms with Crippen LogP contribution in [-0.4, -0.2) is 24.2 Å². The highest BCUT2D eigenvalue weighted by atomic mass is 127. The van der Waals surface area contributed by atoms with Gasteiger partial charge in [0.2, 0.25) is 0 Å². The fourth-order valence-electron chi connectivity index (χ4n) is 2.39. The second-order valence-corrected chi connectivity index (χ2v) is 8.18. The Kier molecular flexibility index (Phi) is 6.17. The molecule has 0 spiro atoms. The predicted molar refractivity (Wildman–Crippen MR) is 111 cm³/mol. The molecule has 0 saturated carbocycles. The summed E-state index contributed by atoms with van der Waals surface area (Å²) in [7, 11) is 1.63. The molecular formula is C17H13Cl2IN2O2S. The highest BCUT2D eigenvalue weighted by Gasteiger charge is 2.14. The molecule has 0 atom stereocenters. The van der Waals surface area contributed by atoms with E-state index in [4.69, 9.17) is 27.9 Å². The molecular weight excluding hydrogens is 494 g/mol. The van der Waals surface area contributed by atoms with E-state index in [1.165, 1.54) is 11.3 Å². The summed E-state index contributed by atoms with van der Waals surface area (Å²) in [4.78, 5) is 17.5. The molecule has 0 aliphatic rings. The molecule has 1 heterocycles. The molecule has 0 unspecified atom stereocenters. The Bertz CT molecular complexity index is 1010. The van der Waals surface area contributed by atoms with Gasteiger partial charge in [-0.1, -0.05) is 46.7 Å². The van der Waals surface area contributed by atoms with Crippen molar-refractivity contribution in [3.05, 3.63) is 60.4 Å². The number of carbonyl (C=O) groups is 1. The molecule has 0 radical (unpaired) electrons. The van der Waals surface area contributed by atoms with Crippen LogP contribution in [-0.2, 0) is 11.3 Å². The minimum Gasteiger partial charge on any atom is -0.383 e. The lowest BCUT2D eigenvalue weighted by Gasteiger charge is -2.06. The van der Waals surface area contributed by atoms with Crippen LogP contribution in [0.5, 0.6) is 0 Å². The zero-order chi connectivity index (χ0) is 18.0. The molecule has 3 aromatic rings. The third-order valence-electron chi connectivity index (χ3n) is 3.52. The van der Waals surface area contributed by atoms with Crippen LogP contribution in [0.1, 0.15) is 10.4 Å². The Morgan fingerprint density at radius 3 is 2.80 bits per heavy atom. The van der Waals surface area contributed by atoms with Gasteiger partial charge in [-0.25, -0.2) is 0 Å². The van der Waals surface area contributed by atoms with Crippen LogP contribution < -0.4 is 4.80 Å². The van der Waals surface area contributed by atoms with E-state index in [-0.39, 0.29) is 5.91 Å². The minimum atomic E-state index is -0.287. The number of thiazole rings is 1. The standard InChI is InChI=1S/C17H13Cl2IN2O2S/c1-24-7-6-22-15-12(19)8-10(18)9-14(15)25-17(22)21-16(23)11-4-2-3-5-13(11)20/h2-5,8-9H,6-7H2,1H3. The molecule has 0 bridgehead atoms. The van der Waals surface area contributed by atoms with Crippen molar-refractivity contribution in [3.8, 4) is 0 Å². The highest BCUT2D eigenvalue weighted by Crippen LogP contribution is 2.29. The third-order valence-corrected chi connectivity index (χ3v) is 5.99. The molecule has 0 aliphatic heterocycles. The van der Waals surface area contributed by atoms with Crippen LogP contribution in [0.25, 0.3) is 10.2 Å². The Hall–Kier alpha value is -0.930. The number of amides is 1. The van der Waals surface area contributed by atoms with Gasteiger partial charge in [-0.2, -0.15) is 4.99 Å². The maximum Gasteiger partial charge on any atom is 0.280 e. The SMILES string of the molecule is COCCn1c(=NC(=O)c2ccccc2I)sc2cc(Cl)cc(Cl)c21. The lowest BCUT2D eigenvalue weighted by atomic mass is 10.2. The minimum absolute atomic E-state index is 0.287. The first kappa shape index (κ1) is 18.8. The maximum absolute atomic E-state index is 12.6. The number of halogens is 3. The topological polar surface area (TPSA) is 43.6 Å². The second kappa shape index (κ2) is 8.18. The monoisotopic (exact) mass is 506 g/mol. The van der Waals surface area contributed by atoms with Crippen LogP contribution in [0.2, 0.25) is 10.0 Å². The average molecular weight is 507 g/mol. The summed E-state index contributed by atoms with van der Waals surface area (Å²) in [6.07, 6.45) is 0. The first-order valence-electron chi connectivity index (χ1n) is 7.32. The Morgan fingerprint density at radius 2 is 2.08 bits per heavy atom. The van der Waals surface area contributed by atoms with Crippen molar-refractivity contribution in [1.29, 1.82) is 0 Å². The lowest BCUT2D eigenvalue weighted by molar-refractivity contribution is 0.0996. The molecule has 25 heavy (non-hydrogen) atoms. The number of methoxy groups -OCH3 is 1. The molecule has 4 nitrogen and oxygen atoms in total. The number of nitrogens with zero attached hydrogens (tertiary/aromatic N) is 2. The van der Waals surface area contributed by atoms with Crippen molar-refractivity contribution in [2.45, 2.75) is 6.54 Å². The number of benzene rings is 2. The van der Waals surface area contributed by atoms with Crippen molar-refractivity contribution in [1.82, 2.24) is 4.57 Å². The molecule has 0 aliphatic carbocycles. The van der Waals surface area contributed by atoms with Crippen LogP contribution in [0.4, 0.5) is 0 Å². The van der Waals surface area contributed by atoms with Crippen molar-refractivity contribution < 1.29 is 9.53 Å². The number of rotatable bonds is 4. The van der Waals surface area contributed by atoms with Crippen LogP contribution in [0.15, 0.2) is 41.4 Å². The fraction of sp³-hybridized carbons (Fsp3) is 0.176. The zero-order valence-corrected chi connectivity index (χ0v) is 17.6. The largest absolute Gasteiger partial charge is 0.383 e. The van der Waals surface area contributed by atoms with Crippen molar-refractivity contribution in [2.24, 2.45) is 4.99 Å². The van der Waals surface area contributed by atoms with Crippen LogP contribution in [0, 0.1) is 3.57 Å². The van der Waals surface area contributed by atoms with E-state index in [0.717, 1.165) is 13.8 Å². The summed E-state index contributed by atoms with van der Waals surface area (Å²) in [6, 6.07) is 10.9. The van der Waals surface area contributed by atoms with E-state index in [0.29, 0.717) is 33.6 Å². The number of aromatic nitrogens is 1. The van der Waals surface area contributed by atoms with E-state index in [2.05, 4.69) is 27.6 Å². The van der Waals surface area contributed by atoms with Gasteiger partial charge in [0, 0.05) is 22.2 Å². The predicted octanol–water partition coefficient (Wildman–Crippen LogP) is 5.00. The average Bonchev–Trinajstić information content (AvgIpc) is 2.90. The van der Waals surface area contributed by atoms with Gasteiger partial charge in [-0.3, -0.25) is 4.79 Å². The number of fused-ring (bicyclic) bond motifs is 1. The highest BCUT2D eigenvalue weighted by molar-refractivity contribution is 14.1. The van der Waals surface area contributed by atoms with Gasteiger partial charge < -0.3 is 9.30 Å². The number of hydrogen-bond donors (Lipinski definition) is 0. The van der Waals surface area contributed by atoms with E-state index < -0.39 is 0 Å².